The van der Waals surface area contributed by atoms with E-state index in [2.05, 4.69) is 0 Å². The van der Waals surface area contributed by atoms with Gasteiger partial charge in [0.25, 0.3) is 0 Å². The number of carbonyl (C=O) groups is 2. The molecule has 6 nitrogen and oxygen atoms in total. The summed E-state index contributed by atoms with van der Waals surface area (Å²) in [6.07, 6.45) is -0.377. The van der Waals surface area contributed by atoms with E-state index >= 15 is 0 Å². The maximum Gasteiger partial charge on any atom is 0.325 e. The third kappa shape index (κ3) is 3.42. The number of carboxylic acid groups (broad SMARTS) is 2. The molecule has 0 saturated carbocycles. The molecule has 0 atom stereocenters. The van der Waals surface area contributed by atoms with Crippen LogP contribution in [0.2, 0.25) is 0 Å². The van der Waals surface area contributed by atoms with E-state index in [0.717, 1.165) is 0 Å². The molecule has 0 spiro atoms. The van der Waals surface area contributed by atoms with Gasteiger partial charge in [0.1, 0.15) is 0 Å². The fraction of sp³-hybridized carbons (Fsp3) is 0.800. The molecular formula is C10H18O6S. The van der Waals surface area contributed by atoms with Crippen molar-refractivity contribution in [3.8, 4) is 0 Å². The number of aliphatic carboxylic acids is 2. The first-order valence-corrected chi connectivity index (χ1v) is 7.06. The Hall–Kier alpha value is -1.11. The third-order valence-electron chi connectivity index (χ3n) is 2.93. The predicted octanol–water partition coefficient (Wildman–Crippen LogP) is 0.909. The quantitative estimate of drug-likeness (QED) is 0.676. The van der Waals surface area contributed by atoms with Gasteiger partial charge in [-0.1, -0.05) is 13.8 Å². The lowest BCUT2D eigenvalue weighted by Crippen LogP contribution is -2.46. The van der Waals surface area contributed by atoms with Crippen molar-refractivity contribution in [3.63, 3.8) is 0 Å². The molecule has 0 bridgehead atoms. The highest BCUT2D eigenvalue weighted by molar-refractivity contribution is 7.93. The minimum atomic E-state index is -3.84. The van der Waals surface area contributed by atoms with Gasteiger partial charge in [0.2, 0.25) is 0 Å². The largest absolute Gasteiger partial charge is 0.481 e. The van der Waals surface area contributed by atoms with Crippen LogP contribution in [0.15, 0.2) is 0 Å². The molecule has 0 rings (SSSR count). The lowest BCUT2D eigenvalue weighted by molar-refractivity contribution is -0.140. The zero-order valence-corrected chi connectivity index (χ0v) is 10.8. The van der Waals surface area contributed by atoms with E-state index in [-0.39, 0.29) is 25.7 Å². The summed E-state index contributed by atoms with van der Waals surface area (Å²) < 4.78 is 22.1. The van der Waals surface area contributed by atoms with Crippen molar-refractivity contribution in [2.24, 2.45) is 0 Å². The zero-order chi connectivity index (χ0) is 13.7. The summed E-state index contributed by atoms with van der Waals surface area (Å²) in [6.45, 7) is 3.01. The molecule has 7 heteroatoms. The number of rotatable bonds is 8. The van der Waals surface area contributed by atoms with Gasteiger partial charge < -0.3 is 10.2 Å². The van der Waals surface area contributed by atoms with Crippen LogP contribution in [0.5, 0.6) is 0 Å². The Morgan fingerprint density at radius 3 is 1.88 bits per heavy atom. The normalized spacial score (nSPS) is 12.4. The Kier molecular flexibility index (Phi) is 5.60. The highest BCUT2D eigenvalue weighted by atomic mass is 32.2. The lowest BCUT2D eigenvalue weighted by Gasteiger charge is -2.26. The van der Waals surface area contributed by atoms with Gasteiger partial charge in [-0.15, -0.1) is 0 Å². The standard InChI is InChI=1S/C10H18O6S/c1-3-10(4-2,9(13)14)17(15,16)7-5-6-8(11)12/h3-7H2,1-2H3,(H,11,12)(H,13,14). The van der Waals surface area contributed by atoms with Gasteiger partial charge in [0, 0.05) is 6.42 Å². The highest BCUT2D eigenvalue weighted by Gasteiger charge is 2.47. The average molecular weight is 266 g/mol. The van der Waals surface area contributed by atoms with E-state index in [0.29, 0.717) is 0 Å². The fourth-order valence-corrected chi connectivity index (χ4v) is 3.79. The molecule has 0 aromatic carbocycles. The third-order valence-corrected chi connectivity index (χ3v) is 5.70. The molecule has 17 heavy (non-hydrogen) atoms. The molecule has 0 unspecified atom stereocenters. The zero-order valence-electron chi connectivity index (χ0n) is 9.97. The number of hydrogen-bond acceptors (Lipinski definition) is 4. The molecular weight excluding hydrogens is 248 g/mol. The molecule has 0 heterocycles. The fourth-order valence-electron chi connectivity index (χ4n) is 1.73. The number of hydrogen-bond donors (Lipinski definition) is 2. The molecule has 0 aliphatic carbocycles. The summed E-state index contributed by atoms with van der Waals surface area (Å²) in [5.41, 5.74) is 0. The maximum absolute atomic E-state index is 12.0. The second-order valence-corrected chi connectivity index (χ2v) is 6.24. The van der Waals surface area contributed by atoms with Gasteiger partial charge in [-0.2, -0.15) is 0 Å². The Morgan fingerprint density at radius 2 is 1.59 bits per heavy atom. The Balaban J connectivity index is 4.98. The summed E-state index contributed by atoms with van der Waals surface area (Å²) in [5, 5.41) is 17.5. The summed E-state index contributed by atoms with van der Waals surface area (Å²) in [7, 11) is -3.84. The van der Waals surface area contributed by atoms with Crippen molar-refractivity contribution >= 4 is 21.8 Å². The van der Waals surface area contributed by atoms with E-state index in [4.69, 9.17) is 10.2 Å². The Labute approximate surface area is 101 Å². The highest BCUT2D eigenvalue weighted by Crippen LogP contribution is 2.28. The molecule has 0 radical (unpaired) electrons. The Morgan fingerprint density at radius 1 is 1.12 bits per heavy atom. The average Bonchev–Trinajstić information content (AvgIpc) is 2.18. The molecule has 0 aliphatic heterocycles. The SMILES string of the molecule is CCC(CC)(C(=O)O)S(=O)(=O)CCCC(=O)O. The lowest BCUT2D eigenvalue weighted by atomic mass is 10.0. The van der Waals surface area contributed by atoms with Crippen molar-refractivity contribution in [1.82, 2.24) is 0 Å². The molecule has 0 fully saturated rings. The van der Waals surface area contributed by atoms with Crippen LogP contribution in [-0.2, 0) is 19.4 Å². The molecule has 0 aromatic heterocycles. The van der Waals surface area contributed by atoms with Gasteiger partial charge in [0.05, 0.1) is 5.75 Å². The van der Waals surface area contributed by atoms with Crippen LogP contribution < -0.4 is 0 Å². The predicted molar refractivity (Wildman–Crippen MR) is 61.6 cm³/mol. The van der Waals surface area contributed by atoms with E-state index in [1.165, 1.54) is 13.8 Å². The van der Waals surface area contributed by atoms with Crippen molar-refractivity contribution in [2.45, 2.75) is 44.3 Å². The van der Waals surface area contributed by atoms with E-state index in [1.54, 1.807) is 0 Å². The summed E-state index contributed by atoms with van der Waals surface area (Å²) in [6, 6.07) is 0. The number of carboxylic acids is 2. The van der Waals surface area contributed by atoms with Crippen molar-refractivity contribution in [3.05, 3.63) is 0 Å². The summed E-state index contributed by atoms with van der Waals surface area (Å²) >= 11 is 0. The molecule has 100 valence electrons. The molecule has 0 amide bonds. The van der Waals surface area contributed by atoms with Crippen LogP contribution in [0, 0.1) is 0 Å². The minimum Gasteiger partial charge on any atom is -0.481 e. The summed E-state index contributed by atoms with van der Waals surface area (Å²) in [5.74, 6) is -2.86. The van der Waals surface area contributed by atoms with Gasteiger partial charge in [0.15, 0.2) is 14.6 Å². The van der Waals surface area contributed by atoms with Gasteiger partial charge in [-0.25, -0.2) is 8.42 Å². The van der Waals surface area contributed by atoms with Crippen LogP contribution in [0.3, 0.4) is 0 Å². The van der Waals surface area contributed by atoms with Crippen LogP contribution in [0.25, 0.3) is 0 Å². The minimum absolute atomic E-state index is 0.0196. The van der Waals surface area contributed by atoms with Crippen molar-refractivity contribution in [1.29, 1.82) is 0 Å². The van der Waals surface area contributed by atoms with Crippen LogP contribution in [-0.4, -0.2) is 41.1 Å². The first kappa shape index (κ1) is 15.9. The van der Waals surface area contributed by atoms with E-state index in [1.807, 2.05) is 0 Å². The topological polar surface area (TPSA) is 109 Å². The smallest absolute Gasteiger partial charge is 0.325 e. The number of sulfone groups is 1. The van der Waals surface area contributed by atoms with Gasteiger partial charge in [-0.05, 0) is 19.3 Å². The molecule has 0 aromatic rings. The first-order valence-electron chi connectivity index (χ1n) is 5.41. The Bertz CT molecular complexity index is 380. The van der Waals surface area contributed by atoms with Crippen LogP contribution >= 0.6 is 0 Å². The van der Waals surface area contributed by atoms with Gasteiger partial charge in [-0.3, -0.25) is 9.59 Å². The van der Waals surface area contributed by atoms with Crippen molar-refractivity contribution < 1.29 is 28.2 Å². The molecule has 0 saturated heterocycles. The van der Waals surface area contributed by atoms with E-state index in [9.17, 15) is 18.0 Å². The maximum atomic E-state index is 12.0. The second-order valence-electron chi connectivity index (χ2n) is 3.82. The van der Waals surface area contributed by atoms with Crippen LogP contribution in [0.4, 0.5) is 0 Å². The summed E-state index contributed by atoms with van der Waals surface area (Å²) in [4.78, 5) is 21.4. The first-order chi connectivity index (χ1) is 7.73. The molecule has 0 aliphatic rings. The second kappa shape index (κ2) is 6.00. The van der Waals surface area contributed by atoms with Gasteiger partial charge >= 0.3 is 11.9 Å². The van der Waals surface area contributed by atoms with Crippen LogP contribution in [0.1, 0.15) is 39.5 Å². The monoisotopic (exact) mass is 266 g/mol. The molecule has 2 N–H and O–H groups in total. The van der Waals surface area contributed by atoms with Crippen molar-refractivity contribution in [2.75, 3.05) is 5.75 Å². The van der Waals surface area contributed by atoms with E-state index < -0.39 is 32.3 Å².